The van der Waals surface area contributed by atoms with Crippen LogP contribution in [0.4, 0.5) is 5.82 Å². The molecule has 4 atom stereocenters. The summed E-state index contributed by atoms with van der Waals surface area (Å²) < 4.78 is 13.3. The Kier molecular flexibility index (Phi) is 5.97. The van der Waals surface area contributed by atoms with Crippen LogP contribution in [-0.4, -0.2) is 67.5 Å². The van der Waals surface area contributed by atoms with Crippen LogP contribution in [0.5, 0.6) is 0 Å². The predicted molar refractivity (Wildman–Crippen MR) is 127 cm³/mol. The minimum atomic E-state index is -1.41. The van der Waals surface area contributed by atoms with Gasteiger partial charge in [0.25, 0.3) is 5.91 Å². The molecule has 5 rings (SSSR count). The highest BCUT2D eigenvalue weighted by Gasteiger charge is 2.47. The predicted octanol–water partition coefficient (Wildman–Crippen LogP) is 1.86. The van der Waals surface area contributed by atoms with Crippen LogP contribution < -0.4 is 10.6 Å². The number of hydrogen-bond donors (Lipinski definition) is 4. The van der Waals surface area contributed by atoms with Crippen LogP contribution in [0.25, 0.3) is 34.1 Å². The van der Waals surface area contributed by atoms with Crippen LogP contribution in [0.15, 0.2) is 47.1 Å². The Morgan fingerprint density at radius 3 is 2.63 bits per heavy atom. The number of imidazole rings is 1. The van der Waals surface area contributed by atoms with Crippen molar-refractivity contribution in [3.8, 4) is 22.9 Å². The topological polar surface area (TPSA) is 148 Å². The molecule has 1 aromatic carbocycles. The molecule has 0 bridgehead atoms. The fourth-order valence-electron chi connectivity index (χ4n) is 4.22. The number of carbonyl (C=O) groups excluding carboxylic acids is 1. The van der Waals surface area contributed by atoms with Crippen LogP contribution in [-0.2, 0) is 9.53 Å². The number of anilines is 1. The van der Waals surface area contributed by atoms with Gasteiger partial charge in [0.1, 0.15) is 18.0 Å². The van der Waals surface area contributed by atoms with Crippen molar-refractivity contribution >= 4 is 22.9 Å². The number of ether oxygens (including phenoxy) is 1. The minimum absolute atomic E-state index is 0.303. The first-order valence-corrected chi connectivity index (χ1v) is 11.3. The van der Waals surface area contributed by atoms with E-state index in [1.165, 1.54) is 10.9 Å². The molecule has 4 heterocycles. The van der Waals surface area contributed by atoms with E-state index in [4.69, 9.17) is 9.15 Å². The van der Waals surface area contributed by atoms with Crippen LogP contribution in [0.2, 0.25) is 0 Å². The lowest BCUT2D eigenvalue weighted by atomic mass is 10.1. The van der Waals surface area contributed by atoms with Gasteiger partial charge in [-0.1, -0.05) is 24.3 Å². The lowest BCUT2D eigenvalue weighted by Gasteiger charge is -2.16. The number of aliphatic hydroxyl groups excluding tert-OH is 2. The summed E-state index contributed by atoms with van der Waals surface area (Å²) in [6.07, 6.45) is -3.64. The Balaban J connectivity index is 1.55. The van der Waals surface area contributed by atoms with E-state index in [0.29, 0.717) is 40.9 Å². The zero-order valence-electron chi connectivity index (χ0n) is 19.5. The van der Waals surface area contributed by atoms with Gasteiger partial charge in [-0.2, -0.15) is 0 Å². The Bertz CT molecular complexity index is 1380. The SMILES string of the molecule is CCNC(=O)[C@H]1O[C@@H](n2cnc3c(NC)nc(-c4ccc(-c5ccccc5C)o4)nc32)[C@H](O)[C@@H]1O. The molecule has 3 aromatic heterocycles. The molecule has 0 saturated carbocycles. The first-order chi connectivity index (χ1) is 16.9. The molecule has 0 spiro atoms. The molecule has 1 aliphatic rings. The quantitative estimate of drug-likeness (QED) is 0.326. The maximum atomic E-state index is 12.3. The normalized spacial score (nSPS) is 22.0. The smallest absolute Gasteiger partial charge is 0.252 e. The summed E-state index contributed by atoms with van der Waals surface area (Å²) >= 11 is 0. The van der Waals surface area contributed by atoms with Crippen molar-refractivity contribution in [3.05, 3.63) is 48.3 Å². The average molecular weight is 479 g/mol. The van der Waals surface area contributed by atoms with E-state index in [2.05, 4.69) is 25.6 Å². The Morgan fingerprint density at radius 2 is 1.89 bits per heavy atom. The van der Waals surface area contributed by atoms with Gasteiger partial charge in [-0.05, 0) is 31.5 Å². The molecule has 1 fully saturated rings. The van der Waals surface area contributed by atoms with E-state index >= 15 is 0 Å². The van der Waals surface area contributed by atoms with Gasteiger partial charge in [0.05, 0.1) is 6.33 Å². The van der Waals surface area contributed by atoms with E-state index in [1.54, 1.807) is 20.0 Å². The van der Waals surface area contributed by atoms with Crippen LogP contribution in [0, 0.1) is 6.92 Å². The van der Waals surface area contributed by atoms with Gasteiger partial charge in [0, 0.05) is 19.2 Å². The molecule has 4 N–H and O–H groups in total. The number of rotatable bonds is 6. The molecule has 0 aliphatic carbocycles. The zero-order valence-corrected chi connectivity index (χ0v) is 19.5. The number of likely N-dealkylation sites (N-methyl/N-ethyl adjacent to an activating group) is 1. The van der Waals surface area contributed by atoms with E-state index < -0.39 is 30.4 Å². The number of aliphatic hydroxyl groups is 2. The second kappa shape index (κ2) is 9.10. The minimum Gasteiger partial charge on any atom is -0.453 e. The first kappa shape index (κ1) is 23.0. The van der Waals surface area contributed by atoms with Crippen LogP contribution >= 0.6 is 0 Å². The van der Waals surface area contributed by atoms with Gasteiger partial charge in [-0.25, -0.2) is 15.0 Å². The molecule has 35 heavy (non-hydrogen) atoms. The van der Waals surface area contributed by atoms with E-state index in [-0.39, 0.29) is 0 Å². The van der Waals surface area contributed by atoms with Crippen molar-refractivity contribution in [1.82, 2.24) is 24.8 Å². The van der Waals surface area contributed by atoms with Crippen molar-refractivity contribution in [2.24, 2.45) is 0 Å². The third-order valence-corrected chi connectivity index (χ3v) is 6.02. The molecule has 4 aromatic rings. The number of furan rings is 1. The monoisotopic (exact) mass is 478 g/mol. The summed E-state index contributed by atoms with van der Waals surface area (Å²) in [7, 11) is 1.71. The summed E-state index contributed by atoms with van der Waals surface area (Å²) in [5.41, 5.74) is 2.83. The number of nitrogens with zero attached hydrogens (tertiary/aromatic N) is 4. The number of carbonyl (C=O) groups is 1. The second-order valence-corrected chi connectivity index (χ2v) is 8.27. The summed E-state index contributed by atoms with van der Waals surface area (Å²) in [6, 6.07) is 11.5. The fourth-order valence-corrected chi connectivity index (χ4v) is 4.22. The van der Waals surface area contributed by atoms with Crippen molar-refractivity contribution in [3.63, 3.8) is 0 Å². The lowest BCUT2D eigenvalue weighted by Crippen LogP contribution is -2.42. The number of nitrogens with one attached hydrogen (secondary N) is 2. The maximum absolute atomic E-state index is 12.3. The number of aryl methyl sites for hydroxylation is 1. The molecular formula is C24H26N6O5. The second-order valence-electron chi connectivity index (χ2n) is 8.27. The summed E-state index contributed by atoms with van der Waals surface area (Å²) in [6.45, 7) is 4.14. The summed E-state index contributed by atoms with van der Waals surface area (Å²) in [5.74, 6) is 1.38. The molecule has 0 unspecified atom stereocenters. The number of fused-ring (bicyclic) bond motifs is 1. The standard InChI is InChI=1S/C24H26N6O5/c1-4-26-23(33)19-17(31)18(32)24(35-19)30-11-27-16-21(25-3)28-20(29-22(16)30)15-10-9-14(34-15)13-8-6-5-7-12(13)2/h5-11,17-19,24,31-32H,4H2,1-3H3,(H,26,33)(H,25,28,29)/t17-,18+,19-,24+/m0/s1. The Morgan fingerprint density at radius 1 is 1.11 bits per heavy atom. The van der Waals surface area contributed by atoms with Gasteiger partial charge < -0.3 is 30.0 Å². The zero-order chi connectivity index (χ0) is 24.7. The summed E-state index contributed by atoms with van der Waals surface area (Å²) in [5, 5.41) is 26.7. The Hall–Kier alpha value is -3.80. The number of aromatic nitrogens is 4. The molecule has 1 aliphatic heterocycles. The van der Waals surface area contributed by atoms with E-state index in [1.807, 2.05) is 37.3 Å². The van der Waals surface area contributed by atoms with E-state index in [9.17, 15) is 15.0 Å². The average Bonchev–Trinajstić information content (AvgIpc) is 3.57. The molecule has 182 valence electrons. The highest BCUT2D eigenvalue weighted by atomic mass is 16.6. The molecule has 1 amide bonds. The fraction of sp³-hybridized carbons (Fsp3) is 0.333. The number of amides is 1. The van der Waals surface area contributed by atoms with Crippen molar-refractivity contribution in [2.45, 2.75) is 38.4 Å². The van der Waals surface area contributed by atoms with E-state index in [0.717, 1.165) is 11.1 Å². The largest absolute Gasteiger partial charge is 0.453 e. The number of benzene rings is 1. The third-order valence-electron chi connectivity index (χ3n) is 6.02. The van der Waals surface area contributed by atoms with Gasteiger partial charge in [0.15, 0.2) is 40.9 Å². The van der Waals surface area contributed by atoms with Crippen LogP contribution in [0.3, 0.4) is 0 Å². The van der Waals surface area contributed by atoms with Crippen LogP contribution in [0.1, 0.15) is 18.7 Å². The molecule has 0 radical (unpaired) electrons. The highest BCUT2D eigenvalue weighted by molar-refractivity contribution is 5.85. The first-order valence-electron chi connectivity index (χ1n) is 11.3. The molecule has 11 heteroatoms. The molecule has 11 nitrogen and oxygen atoms in total. The Labute approximate surface area is 200 Å². The van der Waals surface area contributed by atoms with Gasteiger partial charge in [-0.15, -0.1) is 0 Å². The number of hydrogen-bond acceptors (Lipinski definition) is 9. The lowest BCUT2D eigenvalue weighted by molar-refractivity contribution is -0.137. The van der Waals surface area contributed by atoms with Gasteiger partial charge >= 0.3 is 0 Å². The van der Waals surface area contributed by atoms with Crippen molar-refractivity contribution < 1.29 is 24.2 Å². The summed E-state index contributed by atoms with van der Waals surface area (Å²) in [4.78, 5) is 25.8. The van der Waals surface area contributed by atoms with Gasteiger partial charge in [-0.3, -0.25) is 9.36 Å². The maximum Gasteiger partial charge on any atom is 0.252 e. The van der Waals surface area contributed by atoms with Gasteiger partial charge in [0.2, 0.25) is 0 Å². The van der Waals surface area contributed by atoms with Crippen molar-refractivity contribution in [2.75, 3.05) is 18.9 Å². The molecular weight excluding hydrogens is 452 g/mol. The molecule has 1 saturated heterocycles. The third kappa shape index (κ3) is 3.93. The van der Waals surface area contributed by atoms with Crippen molar-refractivity contribution in [1.29, 1.82) is 0 Å². The highest BCUT2D eigenvalue weighted by Crippen LogP contribution is 2.34.